The third-order valence-corrected chi connectivity index (χ3v) is 3.38. The first-order valence-electron chi connectivity index (χ1n) is 6.00. The van der Waals surface area contributed by atoms with Crippen LogP contribution >= 0.6 is 15.9 Å². The first-order chi connectivity index (χ1) is 9.20. The third-order valence-electron chi connectivity index (χ3n) is 2.77. The summed E-state index contributed by atoms with van der Waals surface area (Å²) in [5, 5.41) is 3.13. The van der Waals surface area contributed by atoms with Gasteiger partial charge in [0.05, 0.1) is 4.47 Å². The van der Waals surface area contributed by atoms with Crippen LogP contribution < -0.4 is 10.1 Å². The van der Waals surface area contributed by atoms with E-state index in [4.69, 9.17) is 4.74 Å². The molecule has 0 radical (unpaired) electrons. The van der Waals surface area contributed by atoms with Crippen molar-refractivity contribution in [3.05, 3.63) is 63.9 Å². The van der Waals surface area contributed by atoms with Crippen LogP contribution in [0.15, 0.2) is 46.9 Å². The number of hydrogen-bond acceptors (Lipinski definition) is 2. The lowest BCUT2D eigenvalue weighted by Crippen LogP contribution is -2.09. The number of ether oxygens (including phenoxy) is 1. The summed E-state index contributed by atoms with van der Waals surface area (Å²) < 4.78 is 19.2. The standard InChI is InChI=1S/C15H15BrFNO/c1-18-9-11-4-2-3-5-12(11)10-19-13-6-7-15(17)14(16)8-13/h2-8,18H,9-10H2,1H3. The van der Waals surface area contributed by atoms with Gasteiger partial charge in [-0.05, 0) is 52.3 Å². The van der Waals surface area contributed by atoms with E-state index in [-0.39, 0.29) is 5.82 Å². The minimum absolute atomic E-state index is 0.289. The highest BCUT2D eigenvalue weighted by molar-refractivity contribution is 9.10. The molecule has 2 rings (SSSR count). The van der Waals surface area contributed by atoms with E-state index in [0.717, 1.165) is 12.1 Å². The van der Waals surface area contributed by atoms with Gasteiger partial charge in [-0.3, -0.25) is 0 Å². The first-order valence-corrected chi connectivity index (χ1v) is 6.79. The second-order valence-electron chi connectivity index (χ2n) is 4.16. The number of nitrogens with one attached hydrogen (secondary N) is 1. The molecule has 0 saturated heterocycles. The molecule has 2 nitrogen and oxygen atoms in total. The maximum atomic E-state index is 13.1. The van der Waals surface area contributed by atoms with Crippen LogP contribution in [0.3, 0.4) is 0 Å². The van der Waals surface area contributed by atoms with E-state index >= 15 is 0 Å². The molecule has 0 atom stereocenters. The number of benzene rings is 2. The molecule has 0 fully saturated rings. The summed E-state index contributed by atoms with van der Waals surface area (Å²) in [6, 6.07) is 12.7. The van der Waals surface area contributed by atoms with Gasteiger partial charge in [0.1, 0.15) is 18.2 Å². The van der Waals surface area contributed by atoms with Gasteiger partial charge in [-0.15, -0.1) is 0 Å². The lowest BCUT2D eigenvalue weighted by molar-refractivity contribution is 0.304. The lowest BCUT2D eigenvalue weighted by Gasteiger charge is -2.11. The van der Waals surface area contributed by atoms with Crippen LogP contribution in [-0.2, 0) is 13.2 Å². The SMILES string of the molecule is CNCc1ccccc1COc1ccc(F)c(Br)c1. The maximum Gasteiger partial charge on any atom is 0.137 e. The summed E-state index contributed by atoms with van der Waals surface area (Å²) in [4.78, 5) is 0. The number of halogens is 2. The zero-order valence-corrected chi connectivity index (χ0v) is 12.2. The van der Waals surface area contributed by atoms with E-state index in [0.29, 0.717) is 16.8 Å². The molecule has 2 aromatic rings. The van der Waals surface area contributed by atoms with Gasteiger partial charge < -0.3 is 10.1 Å². The summed E-state index contributed by atoms with van der Waals surface area (Å²) in [6.45, 7) is 1.27. The third kappa shape index (κ3) is 3.78. The van der Waals surface area contributed by atoms with Crippen molar-refractivity contribution in [2.24, 2.45) is 0 Å². The van der Waals surface area contributed by atoms with Crippen molar-refractivity contribution in [2.75, 3.05) is 7.05 Å². The van der Waals surface area contributed by atoms with E-state index < -0.39 is 0 Å². The molecule has 1 N–H and O–H groups in total. The van der Waals surface area contributed by atoms with Gasteiger partial charge in [-0.1, -0.05) is 24.3 Å². The van der Waals surface area contributed by atoms with Gasteiger partial charge in [0.15, 0.2) is 0 Å². The molecular formula is C15H15BrFNO. The van der Waals surface area contributed by atoms with Gasteiger partial charge >= 0.3 is 0 Å². The molecule has 0 unspecified atom stereocenters. The van der Waals surface area contributed by atoms with E-state index in [1.165, 1.54) is 11.6 Å². The van der Waals surface area contributed by atoms with Gasteiger partial charge in [0, 0.05) is 6.54 Å². The Hall–Kier alpha value is -1.39. The average Bonchev–Trinajstić information content (AvgIpc) is 2.42. The minimum Gasteiger partial charge on any atom is -0.489 e. The van der Waals surface area contributed by atoms with Crippen molar-refractivity contribution in [3.63, 3.8) is 0 Å². The van der Waals surface area contributed by atoms with Crippen LogP contribution in [0.1, 0.15) is 11.1 Å². The average molecular weight is 324 g/mol. The van der Waals surface area contributed by atoms with Crippen LogP contribution in [0, 0.1) is 5.82 Å². The largest absolute Gasteiger partial charge is 0.489 e. The maximum absolute atomic E-state index is 13.1. The number of hydrogen-bond donors (Lipinski definition) is 1. The molecule has 0 aliphatic heterocycles. The molecule has 0 heterocycles. The number of rotatable bonds is 5. The zero-order chi connectivity index (χ0) is 13.7. The topological polar surface area (TPSA) is 21.3 Å². The normalized spacial score (nSPS) is 10.5. The molecule has 0 amide bonds. The van der Waals surface area contributed by atoms with Gasteiger partial charge in [0.25, 0.3) is 0 Å². The summed E-state index contributed by atoms with van der Waals surface area (Å²) >= 11 is 3.15. The van der Waals surface area contributed by atoms with Crippen molar-refractivity contribution in [1.29, 1.82) is 0 Å². The second kappa shape index (κ2) is 6.68. The predicted molar refractivity (Wildman–Crippen MR) is 77.6 cm³/mol. The molecule has 0 saturated carbocycles. The molecule has 100 valence electrons. The molecule has 0 aliphatic carbocycles. The molecule has 2 aromatic carbocycles. The second-order valence-corrected chi connectivity index (χ2v) is 5.02. The van der Waals surface area contributed by atoms with Crippen molar-refractivity contribution in [1.82, 2.24) is 5.32 Å². The van der Waals surface area contributed by atoms with E-state index in [2.05, 4.69) is 27.3 Å². The Bertz CT molecular complexity index is 560. The lowest BCUT2D eigenvalue weighted by atomic mass is 10.1. The fourth-order valence-electron chi connectivity index (χ4n) is 1.79. The quantitative estimate of drug-likeness (QED) is 0.901. The van der Waals surface area contributed by atoms with Crippen LogP contribution in [0.25, 0.3) is 0 Å². The Kier molecular flexibility index (Phi) is 4.93. The monoisotopic (exact) mass is 323 g/mol. The van der Waals surface area contributed by atoms with Crippen LogP contribution in [-0.4, -0.2) is 7.05 Å². The van der Waals surface area contributed by atoms with Gasteiger partial charge in [-0.25, -0.2) is 4.39 Å². The first kappa shape index (κ1) is 14.0. The van der Waals surface area contributed by atoms with E-state index in [1.54, 1.807) is 12.1 Å². The predicted octanol–water partition coefficient (Wildman–Crippen LogP) is 3.89. The summed E-state index contributed by atoms with van der Waals surface area (Å²) in [5.41, 5.74) is 2.32. The minimum atomic E-state index is -0.289. The molecule has 0 bridgehead atoms. The smallest absolute Gasteiger partial charge is 0.137 e. The summed E-state index contributed by atoms with van der Waals surface area (Å²) in [7, 11) is 1.91. The van der Waals surface area contributed by atoms with Crippen molar-refractivity contribution in [2.45, 2.75) is 13.2 Å². The van der Waals surface area contributed by atoms with Crippen molar-refractivity contribution in [3.8, 4) is 5.75 Å². The molecule has 0 spiro atoms. The van der Waals surface area contributed by atoms with E-state index in [1.807, 2.05) is 25.2 Å². The Labute approximate surface area is 120 Å². The molecule has 4 heteroatoms. The van der Waals surface area contributed by atoms with E-state index in [9.17, 15) is 4.39 Å². The Morgan fingerprint density at radius 1 is 1.16 bits per heavy atom. The highest BCUT2D eigenvalue weighted by Crippen LogP contribution is 2.22. The Balaban J connectivity index is 2.07. The van der Waals surface area contributed by atoms with Gasteiger partial charge in [-0.2, -0.15) is 0 Å². The summed E-state index contributed by atoms with van der Waals surface area (Å²) in [5.74, 6) is 0.357. The molecular weight excluding hydrogens is 309 g/mol. The Morgan fingerprint density at radius 3 is 2.58 bits per heavy atom. The Morgan fingerprint density at radius 2 is 1.89 bits per heavy atom. The fraction of sp³-hybridized carbons (Fsp3) is 0.200. The van der Waals surface area contributed by atoms with Gasteiger partial charge in [0.2, 0.25) is 0 Å². The highest BCUT2D eigenvalue weighted by Gasteiger charge is 2.04. The van der Waals surface area contributed by atoms with Crippen molar-refractivity contribution >= 4 is 15.9 Å². The molecule has 0 aliphatic rings. The molecule has 19 heavy (non-hydrogen) atoms. The summed E-state index contributed by atoms with van der Waals surface area (Å²) in [6.07, 6.45) is 0. The fourth-order valence-corrected chi connectivity index (χ4v) is 2.15. The highest BCUT2D eigenvalue weighted by atomic mass is 79.9. The van der Waals surface area contributed by atoms with Crippen LogP contribution in [0.5, 0.6) is 5.75 Å². The molecule has 0 aromatic heterocycles. The zero-order valence-electron chi connectivity index (χ0n) is 10.6. The van der Waals surface area contributed by atoms with Crippen LogP contribution in [0.2, 0.25) is 0 Å². The van der Waals surface area contributed by atoms with Crippen molar-refractivity contribution < 1.29 is 9.13 Å². The van der Waals surface area contributed by atoms with Crippen LogP contribution in [0.4, 0.5) is 4.39 Å².